The Morgan fingerprint density at radius 2 is 1.72 bits per heavy atom. The maximum atomic E-state index is 12.4. The van der Waals surface area contributed by atoms with E-state index in [0.717, 1.165) is 30.6 Å². The summed E-state index contributed by atoms with van der Waals surface area (Å²) in [6.07, 6.45) is 14.2. The quantitative estimate of drug-likeness (QED) is 0.472. The van der Waals surface area contributed by atoms with Crippen LogP contribution >= 0.6 is 11.6 Å². The summed E-state index contributed by atoms with van der Waals surface area (Å²) >= 11 is 5.76. The van der Waals surface area contributed by atoms with E-state index in [0.29, 0.717) is 10.9 Å². The highest BCUT2D eigenvalue weighted by molar-refractivity contribution is 6.29. The van der Waals surface area contributed by atoms with Crippen molar-refractivity contribution in [3.63, 3.8) is 0 Å². The van der Waals surface area contributed by atoms with Crippen LogP contribution in [0.15, 0.2) is 18.3 Å². The number of aromatic nitrogens is 1. The van der Waals surface area contributed by atoms with Crippen LogP contribution in [-0.4, -0.2) is 11.0 Å². The van der Waals surface area contributed by atoms with Gasteiger partial charge in [-0.15, -0.1) is 0 Å². The van der Waals surface area contributed by atoms with Crippen LogP contribution in [-0.2, 0) is 4.79 Å². The first-order valence-corrected chi connectivity index (χ1v) is 10.4. The van der Waals surface area contributed by atoms with Gasteiger partial charge in [0.05, 0.1) is 12.1 Å². The van der Waals surface area contributed by atoms with Crippen molar-refractivity contribution in [2.24, 2.45) is 23.7 Å². The van der Waals surface area contributed by atoms with Crippen molar-refractivity contribution in [3.05, 3.63) is 23.5 Å². The second kappa shape index (κ2) is 9.02. The van der Waals surface area contributed by atoms with Crippen LogP contribution in [0.4, 0.5) is 0 Å². The molecular formula is C21H30ClNO2. The Morgan fingerprint density at radius 1 is 1.08 bits per heavy atom. The Morgan fingerprint density at radius 3 is 2.28 bits per heavy atom. The molecule has 0 unspecified atom stereocenters. The molecule has 2 aliphatic carbocycles. The molecule has 2 saturated carbocycles. The number of carbonyl (C=O) groups excluding carboxylic acids is 1. The van der Waals surface area contributed by atoms with Crippen molar-refractivity contribution in [1.29, 1.82) is 0 Å². The molecule has 0 aromatic carbocycles. The van der Waals surface area contributed by atoms with Gasteiger partial charge in [-0.1, -0.05) is 44.2 Å². The van der Waals surface area contributed by atoms with Gasteiger partial charge in [0.2, 0.25) is 0 Å². The van der Waals surface area contributed by atoms with Crippen molar-refractivity contribution in [1.82, 2.24) is 4.98 Å². The van der Waals surface area contributed by atoms with E-state index in [-0.39, 0.29) is 11.9 Å². The summed E-state index contributed by atoms with van der Waals surface area (Å²) in [5.74, 6) is 3.12. The number of ether oxygens (including phenoxy) is 1. The van der Waals surface area contributed by atoms with Gasteiger partial charge in [0.1, 0.15) is 10.9 Å². The smallest absolute Gasteiger partial charge is 0.314 e. The lowest BCUT2D eigenvalue weighted by Crippen LogP contribution is -2.30. The van der Waals surface area contributed by atoms with Gasteiger partial charge in [0.25, 0.3) is 0 Å². The maximum Gasteiger partial charge on any atom is 0.314 e. The normalized spacial score (nSPS) is 30.0. The first-order valence-electron chi connectivity index (χ1n) is 9.99. The van der Waals surface area contributed by atoms with E-state index < -0.39 is 0 Å². The third-order valence-corrected chi connectivity index (χ3v) is 6.50. The second-order valence-corrected chi connectivity index (χ2v) is 8.31. The second-order valence-electron chi connectivity index (χ2n) is 7.92. The molecule has 2 aliphatic rings. The number of rotatable bonds is 5. The van der Waals surface area contributed by atoms with Crippen LogP contribution in [0.3, 0.4) is 0 Å². The standard InChI is InChI=1S/C21H30ClNO2/c1-2-3-15-4-6-16(7-5-15)17-8-10-18(11-9-17)21(24)25-19-12-13-20(22)23-14-19/h12-18H,2-11H2,1H3. The molecule has 3 nitrogen and oxygen atoms in total. The fraction of sp³-hybridized carbons (Fsp3) is 0.714. The SMILES string of the molecule is CCCC1CCC(C2CCC(C(=O)Oc3ccc(Cl)nc3)CC2)CC1. The fourth-order valence-corrected chi connectivity index (χ4v) is 4.92. The third-order valence-electron chi connectivity index (χ3n) is 6.28. The molecule has 2 fully saturated rings. The first-order chi connectivity index (χ1) is 12.2. The van der Waals surface area contributed by atoms with Crippen LogP contribution in [0, 0.1) is 23.7 Å². The van der Waals surface area contributed by atoms with Gasteiger partial charge >= 0.3 is 5.97 Å². The lowest BCUT2D eigenvalue weighted by molar-refractivity contribution is -0.140. The van der Waals surface area contributed by atoms with Crippen molar-refractivity contribution in [2.75, 3.05) is 0 Å². The summed E-state index contributed by atoms with van der Waals surface area (Å²) in [5.41, 5.74) is 0. The van der Waals surface area contributed by atoms with Crippen LogP contribution in [0.25, 0.3) is 0 Å². The molecular weight excluding hydrogens is 334 g/mol. The average molecular weight is 364 g/mol. The average Bonchev–Trinajstić information content (AvgIpc) is 2.65. The van der Waals surface area contributed by atoms with Crippen molar-refractivity contribution < 1.29 is 9.53 Å². The first kappa shape index (κ1) is 18.7. The third kappa shape index (κ3) is 5.20. The van der Waals surface area contributed by atoms with Crippen LogP contribution in [0.1, 0.15) is 71.1 Å². The number of hydrogen-bond donors (Lipinski definition) is 0. The monoisotopic (exact) mass is 363 g/mol. The highest BCUT2D eigenvalue weighted by Crippen LogP contribution is 2.42. The predicted octanol–water partition coefficient (Wildman–Crippen LogP) is 6.05. The molecule has 4 heteroatoms. The number of nitrogens with zero attached hydrogens (tertiary/aromatic N) is 1. The Hall–Kier alpha value is -1.09. The zero-order valence-corrected chi connectivity index (χ0v) is 16.0. The lowest BCUT2D eigenvalue weighted by Gasteiger charge is -2.37. The van der Waals surface area contributed by atoms with Crippen LogP contribution in [0.2, 0.25) is 5.15 Å². The van der Waals surface area contributed by atoms with Gasteiger partial charge < -0.3 is 4.74 Å². The summed E-state index contributed by atoms with van der Waals surface area (Å²) in [4.78, 5) is 16.3. The zero-order valence-electron chi connectivity index (χ0n) is 15.3. The van der Waals surface area contributed by atoms with E-state index in [4.69, 9.17) is 16.3 Å². The van der Waals surface area contributed by atoms with E-state index in [2.05, 4.69) is 11.9 Å². The number of hydrogen-bond acceptors (Lipinski definition) is 3. The van der Waals surface area contributed by atoms with E-state index in [1.54, 1.807) is 12.1 Å². The molecule has 0 spiro atoms. The molecule has 0 radical (unpaired) electrons. The Labute approximate surface area is 156 Å². The summed E-state index contributed by atoms with van der Waals surface area (Å²) in [6, 6.07) is 3.35. The molecule has 1 aromatic rings. The molecule has 0 amide bonds. The van der Waals surface area contributed by atoms with Crippen molar-refractivity contribution in [3.8, 4) is 5.75 Å². The Bertz CT molecular complexity index is 544. The summed E-state index contributed by atoms with van der Waals surface area (Å²) < 4.78 is 5.47. The molecule has 0 atom stereocenters. The van der Waals surface area contributed by atoms with Gasteiger partial charge in [-0.05, 0) is 68.4 Å². The highest BCUT2D eigenvalue weighted by Gasteiger charge is 2.33. The minimum absolute atomic E-state index is 0.0448. The molecule has 1 heterocycles. The van der Waals surface area contributed by atoms with E-state index in [1.807, 2.05) is 0 Å². The molecule has 0 N–H and O–H groups in total. The molecule has 1 aromatic heterocycles. The van der Waals surface area contributed by atoms with Gasteiger partial charge in [0.15, 0.2) is 0 Å². The maximum absolute atomic E-state index is 12.4. The molecule has 0 aliphatic heterocycles. The Balaban J connectivity index is 1.42. The van der Waals surface area contributed by atoms with Gasteiger partial charge in [-0.3, -0.25) is 4.79 Å². The number of carbonyl (C=O) groups is 1. The Kier molecular flexibility index (Phi) is 6.75. The molecule has 25 heavy (non-hydrogen) atoms. The van der Waals surface area contributed by atoms with E-state index >= 15 is 0 Å². The minimum Gasteiger partial charge on any atom is -0.425 e. The summed E-state index contributed by atoms with van der Waals surface area (Å²) in [7, 11) is 0. The lowest BCUT2D eigenvalue weighted by atomic mass is 9.69. The van der Waals surface area contributed by atoms with Gasteiger partial charge in [-0.2, -0.15) is 0 Å². The van der Waals surface area contributed by atoms with Gasteiger partial charge in [0, 0.05) is 0 Å². The fourth-order valence-electron chi connectivity index (χ4n) is 4.80. The minimum atomic E-state index is -0.103. The zero-order chi connectivity index (χ0) is 17.6. The number of halogens is 1. The summed E-state index contributed by atoms with van der Waals surface area (Å²) in [5, 5.41) is 0.411. The summed E-state index contributed by atoms with van der Waals surface area (Å²) in [6.45, 7) is 2.30. The van der Waals surface area contributed by atoms with E-state index in [1.165, 1.54) is 57.6 Å². The van der Waals surface area contributed by atoms with Crippen molar-refractivity contribution >= 4 is 17.6 Å². The molecule has 0 saturated heterocycles. The largest absolute Gasteiger partial charge is 0.425 e. The molecule has 0 bridgehead atoms. The van der Waals surface area contributed by atoms with Gasteiger partial charge in [-0.25, -0.2) is 4.98 Å². The van der Waals surface area contributed by atoms with Crippen LogP contribution < -0.4 is 4.74 Å². The molecule has 138 valence electrons. The predicted molar refractivity (Wildman–Crippen MR) is 101 cm³/mol. The highest BCUT2D eigenvalue weighted by atomic mass is 35.5. The molecule has 3 rings (SSSR count). The number of esters is 1. The van der Waals surface area contributed by atoms with Crippen LogP contribution in [0.5, 0.6) is 5.75 Å². The topological polar surface area (TPSA) is 39.2 Å². The number of pyridine rings is 1. The van der Waals surface area contributed by atoms with E-state index in [9.17, 15) is 4.79 Å². The van der Waals surface area contributed by atoms with Crippen molar-refractivity contribution in [2.45, 2.75) is 71.1 Å².